The summed E-state index contributed by atoms with van der Waals surface area (Å²) >= 11 is 0. The van der Waals surface area contributed by atoms with Crippen LogP contribution in [0.3, 0.4) is 0 Å². The zero-order valence-electron chi connectivity index (χ0n) is 11.9. The highest BCUT2D eigenvalue weighted by molar-refractivity contribution is 7.84. The van der Waals surface area contributed by atoms with E-state index in [0.717, 1.165) is 30.8 Å². The Morgan fingerprint density at radius 3 is 2.84 bits per heavy atom. The molecule has 0 radical (unpaired) electrons. The van der Waals surface area contributed by atoms with E-state index in [1.54, 1.807) is 6.26 Å². The van der Waals surface area contributed by atoms with Gasteiger partial charge >= 0.3 is 0 Å². The Labute approximate surface area is 118 Å². The fraction of sp³-hybridized carbons (Fsp3) is 0.571. The van der Waals surface area contributed by atoms with Crippen molar-refractivity contribution in [2.24, 2.45) is 0 Å². The number of nitrogens with one attached hydrogen (secondary N) is 1. The fourth-order valence-corrected chi connectivity index (χ4v) is 2.06. The first kappa shape index (κ1) is 15.8. The van der Waals surface area contributed by atoms with Crippen LogP contribution in [-0.4, -0.2) is 28.9 Å². The van der Waals surface area contributed by atoms with Crippen LogP contribution in [0.2, 0.25) is 0 Å². The van der Waals surface area contributed by atoms with Crippen LogP contribution < -0.4 is 15.8 Å². The van der Waals surface area contributed by atoms with Crippen molar-refractivity contribution in [3.8, 4) is 5.75 Å². The Bertz CT molecular complexity index is 424. The van der Waals surface area contributed by atoms with E-state index < -0.39 is 10.8 Å². The number of nitrogen functional groups attached to an aromatic ring is 1. The minimum atomic E-state index is -0.778. The van der Waals surface area contributed by atoms with Crippen molar-refractivity contribution in [2.45, 2.75) is 31.9 Å². The average molecular weight is 284 g/mol. The molecule has 0 aliphatic rings. The standard InChI is InChI=1S/C14H24N2O2S/c1-4-10-18-13-7-5-6-12(14(13)15)16-9-8-11(2)19(3)17/h5-7,11,16H,4,8-10,15H2,1-3H3. The first-order valence-electron chi connectivity index (χ1n) is 6.63. The summed E-state index contributed by atoms with van der Waals surface area (Å²) in [6.45, 7) is 5.47. The van der Waals surface area contributed by atoms with Crippen molar-refractivity contribution in [3.05, 3.63) is 18.2 Å². The molecule has 0 aliphatic carbocycles. The lowest BCUT2D eigenvalue weighted by Gasteiger charge is -2.14. The summed E-state index contributed by atoms with van der Waals surface area (Å²) in [7, 11) is -0.778. The van der Waals surface area contributed by atoms with Crippen LogP contribution in [0, 0.1) is 0 Å². The van der Waals surface area contributed by atoms with Gasteiger partial charge in [0.15, 0.2) is 0 Å². The van der Waals surface area contributed by atoms with Gasteiger partial charge in [-0.3, -0.25) is 4.21 Å². The SMILES string of the molecule is CCCOc1cccc(NCCC(C)S(C)=O)c1N. The van der Waals surface area contributed by atoms with Gasteiger partial charge in [-0.15, -0.1) is 0 Å². The highest BCUT2D eigenvalue weighted by Gasteiger charge is 2.08. The molecule has 0 saturated heterocycles. The van der Waals surface area contributed by atoms with Gasteiger partial charge in [-0.05, 0) is 25.0 Å². The van der Waals surface area contributed by atoms with Crippen molar-refractivity contribution < 1.29 is 8.95 Å². The van der Waals surface area contributed by atoms with Crippen LogP contribution in [0.15, 0.2) is 18.2 Å². The number of benzene rings is 1. The topological polar surface area (TPSA) is 64.3 Å². The van der Waals surface area contributed by atoms with Crippen LogP contribution in [-0.2, 0) is 10.8 Å². The largest absolute Gasteiger partial charge is 0.491 e. The molecular weight excluding hydrogens is 260 g/mol. The van der Waals surface area contributed by atoms with Gasteiger partial charge in [0.05, 0.1) is 18.0 Å². The third-order valence-electron chi connectivity index (χ3n) is 2.96. The van der Waals surface area contributed by atoms with Gasteiger partial charge in [-0.2, -0.15) is 0 Å². The molecule has 0 heterocycles. The zero-order chi connectivity index (χ0) is 14.3. The third-order valence-corrected chi connectivity index (χ3v) is 4.33. The van der Waals surface area contributed by atoms with Crippen LogP contribution >= 0.6 is 0 Å². The molecule has 2 unspecified atom stereocenters. The van der Waals surface area contributed by atoms with E-state index in [-0.39, 0.29) is 5.25 Å². The monoisotopic (exact) mass is 284 g/mol. The maximum absolute atomic E-state index is 11.3. The van der Waals surface area contributed by atoms with E-state index in [1.165, 1.54) is 0 Å². The quantitative estimate of drug-likeness (QED) is 0.720. The third kappa shape index (κ3) is 5.11. The van der Waals surface area contributed by atoms with E-state index in [0.29, 0.717) is 12.3 Å². The van der Waals surface area contributed by atoms with Crippen molar-refractivity contribution >= 4 is 22.2 Å². The van der Waals surface area contributed by atoms with Crippen LogP contribution in [0.25, 0.3) is 0 Å². The highest BCUT2D eigenvalue weighted by atomic mass is 32.2. The number of rotatable bonds is 8. The fourth-order valence-electron chi connectivity index (χ4n) is 1.61. The Morgan fingerprint density at radius 2 is 2.21 bits per heavy atom. The molecule has 1 aromatic carbocycles. The second kappa shape index (κ2) is 8.04. The van der Waals surface area contributed by atoms with E-state index in [9.17, 15) is 4.21 Å². The lowest BCUT2D eigenvalue weighted by molar-refractivity contribution is 0.319. The summed E-state index contributed by atoms with van der Waals surface area (Å²) in [5.41, 5.74) is 7.57. The molecule has 0 amide bonds. The maximum atomic E-state index is 11.3. The smallest absolute Gasteiger partial charge is 0.144 e. The molecule has 19 heavy (non-hydrogen) atoms. The average Bonchev–Trinajstić information content (AvgIpc) is 2.39. The van der Waals surface area contributed by atoms with Gasteiger partial charge in [0.2, 0.25) is 0 Å². The molecule has 4 nitrogen and oxygen atoms in total. The summed E-state index contributed by atoms with van der Waals surface area (Å²) in [6.07, 6.45) is 3.54. The molecule has 1 aromatic rings. The number of hydrogen-bond acceptors (Lipinski definition) is 4. The van der Waals surface area contributed by atoms with Crippen LogP contribution in [0.4, 0.5) is 11.4 Å². The number of anilines is 2. The molecule has 0 saturated carbocycles. The van der Waals surface area contributed by atoms with Gasteiger partial charge in [0.25, 0.3) is 0 Å². The molecule has 0 fully saturated rings. The predicted molar refractivity (Wildman–Crippen MR) is 83.3 cm³/mol. The molecule has 0 spiro atoms. The minimum absolute atomic E-state index is 0.188. The van der Waals surface area contributed by atoms with Crippen molar-refractivity contribution in [2.75, 3.05) is 30.5 Å². The number of hydrogen-bond donors (Lipinski definition) is 2. The summed E-state index contributed by atoms with van der Waals surface area (Å²) in [4.78, 5) is 0. The molecule has 108 valence electrons. The first-order chi connectivity index (χ1) is 9.06. The summed E-state index contributed by atoms with van der Waals surface area (Å²) in [5.74, 6) is 0.721. The Balaban J connectivity index is 2.56. The molecule has 0 aromatic heterocycles. The Morgan fingerprint density at radius 1 is 1.47 bits per heavy atom. The Kier molecular flexibility index (Phi) is 6.70. The second-order valence-corrected chi connectivity index (χ2v) is 6.39. The normalized spacial score (nSPS) is 13.8. The predicted octanol–water partition coefficient (Wildman–Crippen LogP) is 2.63. The van der Waals surface area contributed by atoms with E-state index in [4.69, 9.17) is 10.5 Å². The van der Waals surface area contributed by atoms with Gasteiger partial charge in [-0.1, -0.05) is 19.9 Å². The lowest BCUT2D eigenvalue weighted by Crippen LogP contribution is -2.15. The molecular formula is C14H24N2O2S. The van der Waals surface area contributed by atoms with Gasteiger partial charge in [0.1, 0.15) is 5.75 Å². The van der Waals surface area contributed by atoms with E-state index >= 15 is 0 Å². The first-order valence-corrected chi connectivity index (χ1v) is 8.25. The number of para-hydroxylation sites is 1. The summed E-state index contributed by atoms with van der Waals surface area (Å²) in [6, 6.07) is 5.73. The van der Waals surface area contributed by atoms with Gasteiger partial charge in [-0.25, -0.2) is 0 Å². The van der Waals surface area contributed by atoms with Crippen LogP contribution in [0.1, 0.15) is 26.7 Å². The van der Waals surface area contributed by atoms with Gasteiger partial charge < -0.3 is 15.8 Å². The highest BCUT2D eigenvalue weighted by Crippen LogP contribution is 2.29. The molecule has 5 heteroatoms. The zero-order valence-corrected chi connectivity index (χ0v) is 12.8. The number of nitrogens with two attached hydrogens (primary N) is 1. The lowest BCUT2D eigenvalue weighted by atomic mass is 10.2. The van der Waals surface area contributed by atoms with E-state index in [2.05, 4.69) is 12.2 Å². The van der Waals surface area contributed by atoms with Gasteiger partial charge in [0, 0.05) is 28.9 Å². The molecule has 0 bridgehead atoms. The summed E-state index contributed by atoms with van der Waals surface area (Å²) in [5, 5.41) is 3.46. The number of ether oxygens (including phenoxy) is 1. The maximum Gasteiger partial charge on any atom is 0.144 e. The second-order valence-electron chi connectivity index (χ2n) is 4.59. The van der Waals surface area contributed by atoms with Crippen molar-refractivity contribution in [1.29, 1.82) is 0 Å². The summed E-state index contributed by atoms with van der Waals surface area (Å²) < 4.78 is 16.8. The molecule has 1 rings (SSSR count). The van der Waals surface area contributed by atoms with Crippen molar-refractivity contribution in [3.63, 3.8) is 0 Å². The van der Waals surface area contributed by atoms with Crippen molar-refractivity contribution in [1.82, 2.24) is 0 Å². The molecule has 3 N–H and O–H groups in total. The molecule has 0 aliphatic heterocycles. The van der Waals surface area contributed by atoms with Crippen LogP contribution in [0.5, 0.6) is 5.75 Å². The Hall–Kier alpha value is -1.23. The minimum Gasteiger partial charge on any atom is -0.491 e. The molecule has 2 atom stereocenters. The van der Waals surface area contributed by atoms with E-state index in [1.807, 2.05) is 25.1 Å².